The van der Waals surface area contributed by atoms with Crippen LogP contribution in [0.4, 0.5) is 10.3 Å². The van der Waals surface area contributed by atoms with Crippen LogP contribution in [0.1, 0.15) is 40.8 Å². The second kappa shape index (κ2) is 12.6. The number of nitrogens with two attached hydrogens (primary N) is 1. The fraction of sp³-hybridized carbons (Fsp3) is 0.520. The van der Waals surface area contributed by atoms with Gasteiger partial charge in [-0.3, -0.25) is 18.4 Å². The molecule has 20 heteroatoms. The molecule has 2 aromatic heterocycles. The van der Waals surface area contributed by atoms with E-state index < -0.39 is 50.8 Å². The van der Waals surface area contributed by atoms with Crippen LogP contribution in [0, 0.1) is 0 Å². The lowest BCUT2D eigenvalue weighted by molar-refractivity contribution is -0.149. The fourth-order valence-corrected chi connectivity index (χ4v) is 7.87. The number of carbonyl (C=O) groups is 1. The van der Waals surface area contributed by atoms with Gasteiger partial charge in [-0.15, -0.1) is 0 Å². The van der Waals surface area contributed by atoms with Gasteiger partial charge in [-0.05, 0) is 46.8 Å². The Morgan fingerprint density at radius 3 is 2.78 bits per heavy atom. The van der Waals surface area contributed by atoms with Gasteiger partial charge in [-0.25, -0.2) is 23.6 Å². The van der Waals surface area contributed by atoms with Crippen molar-refractivity contribution < 1.29 is 50.6 Å². The summed E-state index contributed by atoms with van der Waals surface area (Å²) in [5.41, 5.74) is 3.95. The molecule has 1 aromatic carbocycles. The van der Waals surface area contributed by atoms with Crippen LogP contribution in [0.25, 0.3) is 11.2 Å². The summed E-state index contributed by atoms with van der Waals surface area (Å²) in [7, 11) is -4.43. The van der Waals surface area contributed by atoms with Gasteiger partial charge in [0.25, 0.3) is 0 Å². The van der Waals surface area contributed by atoms with Crippen LogP contribution in [0.5, 0.6) is 17.4 Å². The van der Waals surface area contributed by atoms with Crippen molar-refractivity contribution >= 4 is 49.0 Å². The summed E-state index contributed by atoms with van der Waals surface area (Å²) in [6, 6.07) is 4.38. The molecule has 0 saturated carbocycles. The molecular formula is C25H32ClFN6O10P2. The molecule has 2 aliphatic rings. The smallest absolute Gasteiger partial charge is 0.476 e. The Balaban J connectivity index is 1.29. The molecule has 0 aliphatic carbocycles. The van der Waals surface area contributed by atoms with Crippen LogP contribution in [0.2, 0.25) is 0 Å². The maximum Gasteiger partial charge on any atom is 0.530 e. The SMILES string of the molecule is CCOc1nc(N)nc2c1ncn2[C@@H]1O[C@@H]2COP(=O)(Oc3cccc(OP(=O)(Cl)N[C@@H](C)C(=O)OC(C)C)c3)O[C@H]2[C@@]1(C)F. The number of aromatic nitrogens is 4. The number of anilines is 1. The zero-order valence-corrected chi connectivity index (χ0v) is 27.3. The van der Waals surface area contributed by atoms with Crippen molar-refractivity contribution in [2.75, 3.05) is 18.9 Å². The van der Waals surface area contributed by atoms with Crippen LogP contribution in [-0.2, 0) is 32.4 Å². The lowest BCUT2D eigenvalue weighted by Crippen LogP contribution is -2.45. The molecule has 7 atom stereocenters. The Kier molecular flexibility index (Phi) is 9.35. The molecule has 0 spiro atoms. The number of nitrogen functional groups attached to an aromatic ring is 1. The number of nitrogens with one attached hydrogen (secondary N) is 1. The second-order valence-corrected chi connectivity index (χ2v) is 14.8. The van der Waals surface area contributed by atoms with Gasteiger partial charge >= 0.3 is 20.7 Å². The van der Waals surface area contributed by atoms with E-state index >= 15 is 4.39 Å². The van der Waals surface area contributed by atoms with E-state index in [0.717, 1.165) is 0 Å². The van der Waals surface area contributed by atoms with E-state index in [1.165, 1.54) is 49.0 Å². The summed E-state index contributed by atoms with van der Waals surface area (Å²) in [6.45, 7) is 3.56. The first-order chi connectivity index (χ1) is 21.1. The number of carbonyl (C=O) groups excluding carboxylic acids is 1. The normalized spacial score (nSPS) is 28.3. The third-order valence-electron chi connectivity index (χ3n) is 6.56. The predicted octanol–water partition coefficient (Wildman–Crippen LogP) is 4.69. The summed E-state index contributed by atoms with van der Waals surface area (Å²) in [6.07, 6.45) is -2.80. The number of fused-ring (bicyclic) bond motifs is 2. The Labute approximate surface area is 261 Å². The van der Waals surface area contributed by atoms with E-state index in [2.05, 4.69) is 20.0 Å². The maximum absolute atomic E-state index is 16.5. The number of nitrogens with zero attached hydrogens (tertiary/aromatic N) is 4. The number of hydrogen-bond acceptors (Lipinski definition) is 14. The minimum Gasteiger partial charge on any atom is -0.476 e. The van der Waals surface area contributed by atoms with E-state index in [0.29, 0.717) is 0 Å². The number of hydrogen-bond donors (Lipinski definition) is 2. The van der Waals surface area contributed by atoms with Gasteiger partial charge in [-0.2, -0.15) is 9.97 Å². The van der Waals surface area contributed by atoms with Crippen molar-refractivity contribution in [2.45, 2.75) is 70.9 Å². The molecule has 2 fully saturated rings. The van der Waals surface area contributed by atoms with Crippen LogP contribution < -0.4 is 24.6 Å². The van der Waals surface area contributed by atoms with Gasteiger partial charge in [0.2, 0.25) is 11.8 Å². The third-order valence-corrected chi connectivity index (χ3v) is 9.59. The molecule has 4 heterocycles. The second-order valence-electron chi connectivity index (χ2n) is 10.6. The van der Waals surface area contributed by atoms with Crippen molar-refractivity contribution in [1.82, 2.24) is 24.6 Å². The molecule has 2 saturated heterocycles. The first kappa shape index (κ1) is 33.3. The molecule has 45 heavy (non-hydrogen) atoms. The Bertz CT molecular complexity index is 1680. The van der Waals surface area contributed by atoms with Crippen molar-refractivity contribution in [2.24, 2.45) is 0 Å². The molecule has 0 bridgehead atoms. The molecule has 3 N–H and O–H groups in total. The van der Waals surface area contributed by atoms with E-state index in [1.54, 1.807) is 20.8 Å². The summed E-state index contributed by atoms with van der Waals surface area (Å²) >= 11 is 6.02. The number of halogens is 2. The first-order valence-corrected chi connectivity index (χ1v) is 17.8. The zero-order valence-electron chi connectivity index (χ0n) is 24.8. The maximum atomic E-state index is 16.5. The molecule has 2 aliphatic heterocycles. The summed E-state index contributed by atoms with van der Waals surface area (Å²) in [5.74, 6) is -0.824. The van der Waals surface area contributed by atoms with Crippen molar-refractivity contribution in [3.05, 3.63) is 30.6 Å². The number of imidazole rings is 1. The van der Waals surface area contributed by atoms with Gasteiger partial charge in [-0.1, -0.05) is 6.07 Å². The molecular weight excluding hydrogens is 661 g/mol. The average Bonchev–Trinajstić information content (AvgIpc) is 3.45. The highest BCUT2D eigenvalue weighted by Crippen LogP contribution is 2.60. The minimum absolute atomic E-state index is 0.0662. The third kappa shape index (κ3) is 7.19. The van der Waals surface area contributed by atoms with Crippen LogP contribution in [-0.4, -0.2) is 68.7 Å². The number of phosphoric acid groups is 1. The molecule has 5 rings (SSSR count). The van der Waals surface area contributed by atoms with E-state index in [-0.39, 0.29) is 53.8 Å². The van der Waals surface area contributed by atoms with E-state index in [4.69, 9.17) is 49.3 Å². The van der Waals surface area contributed by atoms with Gasteiger partial charge < -0.3 is 29.0 Å². The van der Waals surface area contributed by atoms with Crippen LogP contribution >= 0.6 is 25.9 Å². The molecule has 0 radical (unpaired) electrons. The standard InChI is InChI=1S/C25H32ClFN6O10P2/c1-6-37-21-18-20(30-24(28)31-21)33(12-29-18)23-25(5,27)19-17(40-23)11-38-45(36,43-19)42-16-9-7-8-15(10-16)41-44(26,35)32-14(4)22(34)39-13(2)3/h7-10,12-14,17,19,23H,6,11H2,1-5H3,(H,32,35)(H2,28,30,31)/t14-,17+,19+,23+,25+,44?,45?/m0/s1. The number of alkyl halides is 1. The lowest BCUT2D eigenvalue weighted by atomic mass is 9.98. The van der Waals surface area contributed by atoms with Gasteiger partial charge in [0.1, 0.15) is 29.7 Å². The van der Waals surface area contributed by atoms with Crippen molar-refractivity contribution in [1.29, 1.82) is 0 Å². The average molecular weight is 693 g/mol. The highest BCUT2D eigenvalue weighted by atomic mass is 35.7. The first-order valence-electron chi connectivity index (χ1n) is 13.8. The molecule has 246 valence electrons. The largest absolute Gasteiger partial charge is 0.530 e. The monoisotopic (exact) mass is 692 g/mol. The topological polar surface area (TPSA) is 197 Å². The van der Waals surface area contributed by atoms with Crippen LogP contribution in [0.15, 0.2) is 30.6 Å². The van der Waals surface area contributed by atoms with E-state index in [1.807, 2.05) is 0 Å². The Hall–Kier alpha value is -3.04. The summed E-state index contributed by atoms with van der Waals surface area (Å²) in [5, 5.41) is 2.39. The fourth-order valence-electron chi connectivity index (χ4n) is 4.70. The Morgan fingerprint density at radius 1 is 1.33 bits per heavy atom. The summed E-state index contributed by atoms with van der Waals surface area (Å²) < 4.78 is 82.5. The number of benzene rings is 1. The lowest BCUT2D eigenvalue weighted by Gasteiger charge is -2.33. The Morgan fingerprint density at radius 2 is 2.07 bits per heavy atom. The minimum atomic E-state index is -4.43. The number of esters is 1. The van der Waals surface area contributed by atoms with Gasteiger partial charge in [0.15, 0.2) is 23.1 Å². The predicted molar refractivity (Wildman–Crippen MR) is 158 cm³/mol. The molecule has 0 amide bonds. The van der Waals surface area contributed by atoms with Crippen LogP contribution in [0.3, 0.4) is 0 Å². The van der Waals surface area contributed by atoms with Crippen molar-refractivity contribution in [3.8, 4) is 17.4 Å². The quantitative estimate of drug-likeness (QED) is 0.207. The molecule has 2 unspecified atom stereocenters. The zero-order chi connectivity index (χ0) is 32.7. The number of ether oxygens (including phenoxy) is 3. The molecule has 16 nitrogen and oxygen atoms in total. The van der Waals surface area contributed by atoms with Gasteiger partial charge in [0.05, 0.1) is 25.6 Å². The molecule has 3 aromatic rings. The van der Waals surface area contributed by atoms with Crippen molar-refractivity contribution in [3.63, 3.8) is 0 Å². The number of rotatable bonds is 11. The number of phosphoric ester groups is 1. The highest BCUT2D eigenvalue weighted by molar-refractivity contribution is 7.84. The summed E-state index contributed by atoms with van der Waals surface area (Å²) in [4.78, 5) is 24.5. The highest BCUT2D eigenvalue weighted by Gasteiger charge is 2.62. The van der Waals surface area contributed by atoms with Gasteiger partial charge in [0, 0.05) is 17.3 Å². The van der Waals surface area contributed by atoms with E-state index in [9.17, 15) is 13.9 Å².